The van der Waals surface area contributed by atoms with E-state index in [0.29, 0.717) is 16.8 Å². The molecule has 1 aromatic heterocycles. The number of aromatic nitrogens is 2. The lowest BCUT2D eigenvalue weighted by Crippen LogP contribution is -2.11. The molecule has 0 saturated heterocycles. The molecule has 0 aliphatic rings. The highest BCUT2D eigenvalue weighted by molar-refractivity contribution is 5.70. The van der Waals surface area contributed by atoms with Crippen LogP contribution in [0.2, 0.25) is 0 Å². The van der Waals surface area contributed by atoms with Gasteiger partial charge in [-0.2, -0.15) is 5.10 Å². The number of nitro benzene ring substituents is 1. The minimum atomic E-state index is -0.989. The first-order valence-corrected chi connectivity index (χ1v) is 5.48. The Balaban J connectivity index is 2.42. The second-order valence-electron chi connectivity index (χ2n) is 4.00. The van der Waals surface area contributed by atoms with Crippen molar-refractivity contribution in [1.29, 1.82) is 0 Å². The molecule has 19 heavy (non-hydrogen) atoms. The third kappa shape index (κ3) is 2.59. The Morgan fingerprint density at radius 3 is 2.89 bits per heavy atom. The van der Waals surface area contributed by atoms with E-state index in [2.05, 4.69) is 5.10 Å². The van der Waals surface area contributed by atoms with E-state index in [1.165, 1.54) is 23.0 Å². The largest absolute Gasteiger partial charge is 0.480 e. The van der Waals surface area contributed by atoms with Crippen LogP contribution in [0, 0.1) is 17.0 Å². The summed E-state index contributed by atoms with van der Waals surface area (Å²) in [5, 5.41) is 23.4. The zero-order chi connectivity index (χ0) is 14.0. The van der Waals surface area contributed by atoms with Gasteiger partial charge >= 0.3 is 5.97 Å². The highest BCUT2D eigenvalue weighted by Crippen LogP contribution is 2.26. The number of nitro groups is 1. The summed E-state index contributed by atoms with van der Waals surface area (Å²) < 4.78 is 1.34. The van der Waals surface area contributed by atoms with Gasteiger partial charge in [0.2, 0.25) is 0 Å². The normalized spacial score (nSPS) is 10.4. The van der Waals surface area contributed by atoms with Crippen LogP contribution in [0.3, 0.4) is 0 Å². The van der Waals surface area contributed by atoms with Crippen LogP contribution in [0.25, 0.3) is 11.1 Å². The highest BCUT2D eigenvalue weighted by Gasteiger charge is 2.13. The van der Waals surface area contributed by atoms with E-state index in [1.54, 1.807) is 19.1 Å². The van der Waals surface area contributed by atoms with Gasteiger partial charge in [0.25, 0.3) is 5.69 Å². The Kier molecular flexibility index (Phi) is 3.28. The third-order valence-electron chi connectivity index (χ3n) is 2.76. The molecule has 0 aliphatic carbocycles. The van der Waals surface area contributed by atoms with Gasteiger partial charge in [0.1, 0.15) is 6.54 Å². The predicted octanol–water partition coefficient (Wildman–Crippen LogP) is 1.85. The van der Waals surface area contributed by atoms with Gasteiger partial charge in [0.15, 0.2) is 0 Å². The molecule has 0 amide bonds. The number of carbonyl (C=O) groups is 1. The minimum Gasteiger partial charge on any atom is -0.480 e. The number of benzene rings is 1. The number of carboxylic acids is 1. The van der Waals surface area contributed by atoms with Crippen molar-refractivity contribution in [3.8, 4) is 11.1 Å². The van der Waals surface area contributed by atoms with Crippen molar-refractivity contribution in [3.63, 3.8) is 0 Å². The highest BCUT2D eigenvalue weighted by atomic mass is 16.6. The molecule has 1 heterocycles. The summed E-state index contributed by atoms with van der Waals surface area (Å²) in [6.07, 6.45) is 1.51. The van der Waals surface area contributed by atoms with Crippen molar-refractivity contribution in [3.05, 3.63) is 46.3 Å². The number of hydrogen-bond donors (Lipinski definition) is 1. The second-order valence-corrected chi connectivity index (χ2v) is 4.00. The van der Waals surface area contributed by atoms with Gasteiger partial charge in [-0.25, -0.2) is 0 Å². The van der Waals surface area contributed by atoms with Gasteiger partial charge in [-0.05, 0) is 12.5 Å². The Labute approximate surface area is 108 Å². The summed E-state index contributed by atoms with van der Waals surface area (Å²) in [4.78, 5) is 20.9. The van der Waals surface area contributed by atoms with E-state index in [-0.39, 0.29) is 12.2 Å². The van der Waals surface area contributed by atoms with Crippen molar-refractivity contribution in [2.75, 3.05) is 0 Å². The van der Waals surface area contributed by atoms with Gasteiger partial charge < -0.3 is 5.11 Å². The fourth-order valence-corrected chi connectivity index (χ4v) is 1.80. The molecule has 0 fully saturated rings. The van der Waals surface area contributed by atoms with Crippen LogP contribution in [0.15, 0.2) is 30.5 Å². The Bertz CT molecular complexity index is 648. The van der Waals surface area contributed by atoms with Gasteiger partial charge in [0, 0.05) is 23.4 Å². The first kappa shape index (κ1) is 12.7. The molecule has 2 aromatic rings. The van der Waals surface area contributed by atoms with Crippen LogP contribution in [0.5, 0.6) is 0 Å². The predicted molar refractivity (Wildman–Crippen MR) is 66.7 cm³/mol. The maximum absolute atomic E-state index is 10.7. The topological polar surface area (TPSA) is 98.3 Å². The van der Waals surface area contributed by atoms with Gasteiger partial charge in [0.05, 0.1) is 11.1 Å². The zero-order valence-corrected chi connectivity index (χ0v) is 10.1. The molecule has 0 saturated carbocycles. The average Bonchev–Trinajstić information content (AvgIpc) is 2.70. The second kappa shape index (κ2) is 4.89. The van der Waals surface area contributed by atoms with Crippen LogP contribution in [-0.2, 0) is 11.3 Å². The molecule has 0 atom stereocenters. The van der Waals surface area contributed by atoms with Crippen LogP contribution in [0.4, 0.5) is 5.69 Å². The number of rotatable bonds is 4. The third-order valence-corrected chi connectivity index (χ3v) is 2.76. The van der Waals surface area contributed by atoms with Gasteiger partial charge in [-0.15, -0.1) is 0 Å². The molecule has 1 N–H and O–H groups in total. The van der Waals surface area contributed by atoms with E-state index >= 15 is 0 Å². The van der Waals surface area contributed by atoms with Crippen molar-refractivity contribution in [2.24, 2.45) is 0 Å². The molecule has 0 unspecified atom stereocenters. The molecule has 0 aliphatic heterocycles. The van der Waals surface area contributed by atoms with E-state index in [1.807, 2.05) is 0 Å². The molecule has 1 aromatic carbocycles. The number of carboxylic acid groups (broad SMARTS) is 1. The monoisotopic (exact) mass is 261 g/mol. The van der Waals surface area contributed by atoms with Crippen LogP contribution >= 0.6 is 0 Å². The summed E-state index contributed by atoms with van der Waals surface area (Å²) in [6.45, 7) is 1.49. The van der Waals surface area contributed by atoms with E-state index in [0.717, 1.165) is 0 Å². The molecule has 98 valence electrons. The Morgan fingerprint density at radius 2 is 2.26 bits per heavy atom. The van der Waals surface area contributed by atoms with E-state index < -0.39 is 10.9 Å². The lowest BCUT2D eigenvalue weighted by atomic mass is 10.1. The fraction of sp³-hybridized carbons (Fsp3) is 0.167. The van der Waals surface area contributed by atoms with Gasteiger partial charge in [-0.1, -0.05) is 12.1 Å². The number of aliphatic carboxylic acids is 1. The van der Waals surface area contributed by atoms with E-state index in [9.17, 15) is 14.9 Å². The fourth-order valence-electron chi connectivity index (χ4n) is 1.80. The van der Waals surface area contributed by atoms with Crippen LogP contribution < -0.4 is 0 Å². The summed E-state index contributed by atoms with van der Waals surface area (Å²) in [5.41, 5.74) is 1.97. The van der Waals surface area contributed by atoms with Crippen molar-refractivity contribution >= 4 is 11.7 Å². The Morgan fingerprint density at radius 1 is 1.53 bits per heavy atom. The smallest absolute Gasteiger partial charge is 0.325 e. The first-order chi connectivity index (χ1) is 8.99. The summed E-state index contributed by atoms with van der Waals surface area (Å²) in [5.74, 6) is -0.989. The number of nitrogens with zero attached hydrogens (tertiary/aromatic N) is 3. The average molecular weight is 261 g/mol. The van der Waals surface area contributed by atoms with Gasteiger partial charge in [-0.3, -0.25) is 19.6 Å². The molecule has 0 radical (unpaired) electrons. The molecular weight excluding hydrogens is 250 g/mol. The molecule has 0 bridgehead atoms. The SMILES string of the molecule is Cc1c(-c2cccc([N+](=O)[O-])c2)cnn1CC(=O)O. The zero-order valence-electron chi connectivity index (χ0n) is 10.1. The molecule has 0 spiro atoms. The van der Waals surface area contributed by atoms with Crippen molar-refractivity contribution < 1.29 is 14.8 Å². The summed E-state index contributed by atoms with van der Waals surface area (Å²) in [6, 6.07) is 6.15. The van der Waals surface area contributed by atoms with Crippen LogP contribution in [-0.4, -0.2) is 25.8 Å². The molecule has 2 rings (SSSR count). The maximum atomic E-state index is 10.7. The minimum absolute atomic E-state index is 0.0112. The van der Waals surface area contributed by atoms with E-state index in [4.69, 9.17) is 5.11 Å². The van der Waals surface area contributed by atoms with Crippen LogP contribution in [0.1, 0.15) is 5.69 Å². The van der Waals surface area contributed by atoms with Crippen molar-refractivity contribution in [2.45, 2.75) is 13.5 Å². The first-order valence-electron chi connectivity index (χ1n) is 5.48. The number of hydrogen-bond acceptors (Lipinski definition) is 4. The standard InChI is InChI=1S/C12H11N3O4/c1-8-11(6-13-14(8)7-12(16)17)9-3-2-4-10(5-9)15(18)19/h2-6H,7H2,1H3,(H,16,17). The van der Waals surface area contributed by atoms with Crippen molar-refractivity contribution in [1.82, 2.24) is 9.78 Å². The number of non-ortho nitro benzene ring substituents is 1. The molecule has 7 heteroatoms. The summed E-state index contributed by atoms with van der Waals surface area (Å²) >= 11 is 0. The lowest BCUT2D eigenvalue weighted by Gasteiger charge is -2.03. The molecule has 7 nitrogen and oxygen atoms in total. The lowest BCUT2D eigenvalue weighted by molar-refractivity contribution is -0.384. The quantitative estimate of drug-likeness (QED) is 0.669. The summed E-state index contributed by atoms with van der Waals surface area (Å²) in [7, 11) is 0. The maximum Gasteiger partial charge on any atom is 0.325 e. The molecular formula is C12H11N3O4. The Hall–Kier alpha value is -2.70.